The van der Waals surface area contributed by atoms with Gasteiger partial charge < -0.3 is 19.6 Å². The predicted octanol–water partition coefficient (Wildman–Crippen LogP) is 4.59. The molecule has 0 saturated heterocycles. The van der Waals surface area contributed by atoms with Gasteiger partial charge in [-0.05, 0) is 36.8 Å². The van der Waals surface area contributed by atoms with Crippen LogP contribution in [0.4, 0.5) is 5.69 Å². The van der Waals surface area contributed by atoms with Crippen LogP contribution < -0.4 is 10.2 Å². The number of hydrogen-bond donors (Lipinski definition) is 2. The summed E-state index contributed by atoms with van der Waals surface area (Å²) >= 11 is 1.35. The van der Waals surface area contributed by atoms with E-state index < -0.39 is 0 Å². The molecule has 0 aliphatic heterocycles. The van der Waals surface area contributed by atoms with Gasteiger partial charge in [-0.25, -0.2) is 4.98 Å². The number of imidazole rings is 1. The Hall–Kier alpha value is -3.78. The van der Waals surface area contributed by atoms with Crippen LogP contribution in [0.2, 0.25) is 0 Å². The van der Waals surface area contributed by atoms with Crippen molar-refractivity contribution in [3.63, 3.8) is 0 Å². The Labute approximate surface area is 202 Å². The van der Waals surface area contributed by atoms with Gasteiger partial charge in [-0.3, -0.25) is 9.59 Å². The van der Waals surface area contributed by atoms with Gasteiger partial charge in [-0.15, -0.1) is 0 Å². The summed E-state index contributed by atoms with van der Waals surface area (Å²) in [6.45, 7) is 2.26. The van der Waals surface area contributed by atoms with Crippen LogP contribution >= 0.6 is 11.8 Å². The van der Waals surface area contributed by atoms with Crippen molar-refractivity contribution in [1.29, 1.82) is 0 Å². The molecule has 4 rings (SSSR count). The van der Waals surface area contributed by atoms with Crippen molar-refractivity contribution in [2.24, 2.45) is 0 Å². The fraction of sp³-hybridized carbons (Fsp3) is 0.192. The number of nitrogens with zero attached hydrogens (tertiary/aromatic N) is 2. The van der Waals surface area contributed by atoms with Gasteiger partial charge in [0.25, 0.3) is 5.91 Å². The lowest BCUT2D eigenvalue weighted by Crippen LogP contribution is -2.31. The maximum absolute atomic E-state index is 12.9. The van der Waals surface area contributed by atoms with E-state index in [1.54, 1.807) is 49.7 Å². The molecule has 2 amide bonds. The van der Waals surface area contributed by atoms with Crippen LogP contribution in [0.25, 0.3) is 0 Å². The Kier molecular flexibility index (Phi) is 7.49. The van der Waals surface area contributed by atoms with Gasteiger partial charge in [0.15, 0.2) is 5.16 Å². The van der Waals surface area contributed by atoms with E-state index in [0.29, 0.717) is 22.2 Å². The highest BCUT2D eigenvalue weighted by Crippen LogP contribution is 2.23. The van der Waals surface area contributed by atoms with Crippen molar-refractivity contribution in [3.05, 3.63) is 101 Å². The normalized spacial score (nSPS) is 10.8. The zero-order valence-corrected chi connectivity index (χ0v) is 19.9. The molecule has 34 heavy (non-hydrogen) atoms. The lowest BCUT2D eigenvalue weighted by molar-refractivity contribution is -0.115. The molecule has 174 valence electrons. The molecule has 4 aromatic rings. The van der Waals surface area contributed by atoms with Crippen molar-refractivity contribution in [2.45, 2.75) is 25.0 Å². The number of aromatic amines is 1. The Bertz CT molecular complexity index is 1250. The zero-order valence-electron chi connectivity index (χ0n) is 19.1. The Morgan fingerprint density at radius 3 is 2.59 bits per heavy atom. The average Bonchev–Trinajstić information content (AvgIpc) is 3.51. The molecule has 0 spiro atoms. The molecule has 2 N–H and O–H groups in total. The lowest BCUT2D eigenvalue weighted by atomic mass is 10.1. The highest BCUT2D eigenvalue weighted by molar-refractivity contribution is 7.99. The molecule has 2 heterocycles. The number of nitrogens with one attached hydrogen (secondary N) is 2. The van der Waals surface area contributed by atoms with E-state index >= 15 is 0 Å². The number of hydrogen-bond acceptors (Lipinski definition) is 5. The Morgan fingerprint density at radius 1 is 1.06 bits per heavy atom. The number of anilines is 1. The summed E-state index contributed by atoms with van der Waals surface area (Å²) in [7, 11) is 1.68. The summed E-state index contributed by atoms with van der Waals surface area (Å²) in [5, 5.41) is 3.53. The summed E-state index contributed by atoms with van der Waals surface area (Å²) in [6, 6.07) is 20.8. The number of carbonyl (C=O) groups is 2. The molecular formula is C26H26N4O3S. The summed E-state index contributed by atoms with van der Waals surface area (Å²) in [4.78, 5) is 35.1. The van der Waals surface area contributed by atoms with Gasteiger partial charge in [0.2, 0.25) is 5.91 Å². The third kappa shape index (κ3) is 5.77. The zero-order chi connectivity index (χ0) is 23.9. The second-order valence-corrected chi connectivity index (χ2v) is 8.76. The summed E-state index contributed by atoms with van der Waals surface area (Å²) in [5.41, 5.74) is 4.12. The van der Waals surface area contributed by atoms with E-state index in [9.17, 15) is 9.59 Å². The molecular weight excluding hydrogens is 448 g/mol. The third-order valence-electron chi connectivity index (χ3n) is 5.40. The number of amides is 2. The molecule has 0 atom stereocenters. The maximum Gasteiger partial charge on any atom is 0.253 e. The first-order chi connectivity index (χ1) is 16.5. The third-order valence-corrected chi connectivity index (χ3v) is 6.26. The van der Waals surface area contributed by atoms with E-state index in [-0.39, 0.29) is 24.1 Å². The fourth-order valence-corrected chi connectivity index (χ4v) is 4.35. The molecule has 8 heteroatoms. The van der Waals surface area contributed by atoms with Gasteiger partial charge in [0, 0.05) is 19.2 Å². The highest BCUT2D eigenvalue weighted by Gasteiger charge is 2.19. The van der Waals surface area contributed by atoms with E-state index in [4.69, 9.17) is 4.42 Å². The molecule has 2 aromatic heterocycles. The van der Waals surface area contributed by atoms with E-state index in [2.05, 4.69) is 27.4 Å². The van der Waals surface area contributed by atoms with Crippen LogP contribution in [-0.2, 0) is 17.8 Å². The van der Waals surface area contributed by atoms with Crippen LogP contribution in [0, 0.1) is 6.92 Å². The standard InChI is InChI=1S/C26H26N4O3S/c1-18-22(15-19-9-4-3-5-10-19)29-26(28-18)34-17-24(31)30(2)23-13-7-6-12-21(23)25(32)27-16-20-11-8-14-33-20/h3-14H,15-17H2,1-2H3,(H,27,32)(H,28,29). The number of H-pyrrole nitrogens is 1. The lowest BCUT2D eigenvalue weighted by Gasteiger charge is -2.20. The molecule has 0 saturated carbocycles. The summed E-state index contributed by atoms with van der Waals surface area (Å²) < 4.78 is 5.26. The minimum Gasteiger partial charge on any atom is -0.467 e. The Morgan fingerprint density at radius 2 is 1.82 bits per heavy atom. The average molecular weight is 475 g/mol. The first kappa shape index (κ1) is 23.4. The summed E-state index contributed by atoms with van der Waals surface area (Å²) in [5.74, 6) is 0.449. The molecule has 0 unspecified atom stereocenters. The number of thioether (sulfide) groups is 1. The maximum atomic E-state index is 12.9. The topological polar surface area (TPSA) is 91.2 Å². The molecule has 7 nitrogen and oxygen atoms in total. The largest absolute Gasteiger partial charge is 0.467 e. The van der Waals surface area contributed by atoms with Crippen molar-refractivity contribution in [2.75, 3.05) is 17.7 Å². The number of furan rings is 1. The molecule has 0 aliphatic rings. The molecule has 0 radical (unpaired) electrons. The number of para-hydroxylation sites is 1. The van der Waals surface area contributed by atoms with E-state index in [0.717, 1.165) is 17.8 Å². The monoisotopic (exact) mass is 474 g/mol. The minimum absolute atomic E-state index is 0.130. The minimum atomic E-state index is -0.272. The second kappa shape index (κ2) is 10.9. The van der Waals surface area contributed by atoms with Gasteiger partial charge in [-0.1, -0.05) is 54.2 Å². The van der Waals surface area contributed by atoms with Crippen molar-refractivity contribution < 1.29 is 14.0 Å². The molecule has 0 fully saturated rings. The number of rotatable bonds is 9. The van der Waals surface area contributed by atoms with Crippen LogP contribution in [0.15, 0.2) is 82.6 Å². The van der Waals surface area contributed by atoms with Crippen LogP contribution in [0.1, 0.15) is 33.1 Å². The van der Waals surface area contributed by atoms with Gasteiger partial charge in [-0.2, -0.15) is 0 Å². The Balaban J connectivity index is 1.38. The molecule has 2 aromatic carbocycles. The van der Waals surface area contributed by atoms with E-state index in [1.165, 1.54) is 22.2 Å². The predicted molar refractivity (Wildman–Crippen MR) is 133 cm³/mol. The van der Waals surface area contributed by atoms with Gasteiger partial charge in [0.1, 0.15) is 5.76 Å². The number of carbonyl (C=O) groups excluding carboxylic acids is 2. The molecule has 0 bridgehead atoms. The summed E-state index contributed by atoms with van der Waals surface area (Å²) in [6.07, 6.45) is 2.29. The van der Waals surface area contributed by atoms with Crippen LogP contribution in [-0.4, -0.2) is 34.6 Å². The quantitative estimate of drug-likeness (QED) is 0.346. The number of aromatic nitrogens is 2. The first-order valence-electron chi connectivity index (χ1n) is 10.9. The highest BCUT2D eigenvalue weighted by atomic mass is 32.2. The van der Waals surface area contributed by atoms with Crippen molar-refractivity contribution >= 4 is 29.3 Å². The molecule has 0 aliphatic carbocycles. The van der Waals surface area contributed by atoms with Crippen molar-refractivity contribution in [3.8, 4) is 0 Å². The number of aryl methyl sites for hydroxylation is 1. The smallest absolute Gasteiger partial charge is 0.253 e. The second-order valence-electron chi connectivity index (χ2n) is 7.80. The van der Waals surface area contributed by atoms with Crippen LogP contribution in [0.5, 0.6) is 0 Å². The van der Waals surface area contributed by atoms with Gasteiger partial charge in [0.05, 0.1) is 35.5 Å². The SMILES string of the molecule is Cc1[nH]c(SCC(=O)N(C)c2ccccc2C(=O)NCc2ccco2)nc1Cc1ccccc1. The fourth-order valence-electron chi connectivity index (χ4n) is 3.49. The van der Waals surface area contributed by atoms with Gasteiger partial charge >= 0.3 is 0 Å². The number of benzene rings is 2. The van der Waals surface area contributed by atoms with E-state index in [1.807, 2.05) is 25.1 Å². The van der Waals surface area contributed by atoms with Crippen molar-refractivity contribution in [1.82, 2.24) is 15.3 Å². The first-order valence-corrected chi connectivity index (χ1v) is 11.9. The van der Waals surface area contributed by atoms with Crippen LogP contribution in [0.3, 0.4) is 0 Å².